The molecule has 0 fully saturated rings. The highest BCUT2D eigenvalue weighted by atomic mass is 32.1. The predicted octanol–water partition coefficient (Wildman–Crippen LogP) is 29.1. The lowest BCUT2D eigenvalue weighted by atomic mass is 9.75. The molecule has 0 radical (unpaired) electrons. The Labute approximate surface area is 726 Å². The van der Waals surface area contributed by atoms with E-state index < -0.39 is 0 Å². The zero-order chi connectivity index (χ0) is 89.9. The summed E-state index contributed by atoms with van der Waals surface area (Å²) in [6.07, 6.45) is 0. The van der Waals surface area contributed by atoms with E-state index in [0.29, 0.717) is 0 Å². The minimum atomic E-state index is -0.00478. The van der Waals surface area contributed by atoms with E-state index in [1.807, 2.05) is 39.0 Å². The molecule has 8 aromatic heterocycles. The monoisotopic (exact) mass is 1670 g/mol. The Kier molecular flexibility index (Phi) is 27.1. The van der Waals surface area contributed by atoms with Crippen LogP contribution in [0.1, 0.15) is 377 Å². The Morgan fingerprint density at radius 3 is 0.729 bits per heavy atom. The number of benzene rings is 5. The standard InChI is InChI=1S/C20H26N2S.C18H26N2.C16H24N2O.2C16H24N2S.C14H21N3S/c1-11-9-13-14(10-12(11)2)16(20(6,7)8)18-17(21-23-22-18)15(13)19(3,4)5;1-11-12(2)20-16-14(18(6,7)8)10-9-13(15(16)19-11)17(3,4)5;1-9-10(2)12(16(6,7)8)14-13(17-19-18-14)11(9)15(3,4)5;1-9-10(2)18-12-11(17-9)13(15(3,4)5)19-14(12)16(6,7)8;1-9-10(2)12(16(6,7)8)14-13(17-19-18-14)11(9)15(3,4)5;1-8-9(13(2,3)4)10-11(17-18-16-10)12(15-8)14(5,6)7/h9-10H,1-8H3;9-10H,1-8H3;3*1-8H3;1-7H3. The van der Waals surface area contributed by atoms with Gasteiger partial charge in [-0.2, -0.15) is 26.2 Å². The van der Waals surface area contributed by atoms with Crippen LogP contribution >= 0.6 is 46.5 Å². The summed E-state index contributed by atoms with van der Waals surface area (Å²) < 4.78 is 32.6. The van der Waals surface area contributed by atoms with E-state index in [9.17, 15) is 0 Å². The minimum absolute atomic E-state index is 0.00478. The first kappa shape index (κ1) is 96.2. The van der Waals surface area contributed by atoms with Crippen molar-refractivity contribution in [2.45, 2.75) is 390 Å². The predicted molar refractivity (Wildman–Crippen MR) is 513 cm³/mol. The van der Waals surface area contributed by atoms with Crippen LogP contribution in [0.3, 0.4) is 0 Å². The maximum Gasteiger partial charge on any atom is 0.139 e. The van der Waals surface area contributed by atoms with Crippen LogP contribution in [-0.2, 0) is 65.0 Å². The number of aromatic nitrogens is 13. The van der Waals surface area contributed by atoms with Crippen molar-refractivity contribution in [2.75, 3.05) is 0 Å². The molecule has 0 bridgehead atoms. The molecule has 0 spiro atoms. The van der Waals surface area contributed by atoms with Crippen LogP contribution in [0.25, 0.3) is 77.0 Å². The summed E-state index contributed by atoms with van der Waals surface area (Å²) in [5, 5.41) is 11.0. The summed E-state index contributed by atoms with van der Waals surface area (Å²) in [6, 6.07) is 9.15. The van der Waals surface area contributed by atoms with Crippen LogP contribution in [0, 0.1) is 76.2 Å². The van der Waals surface area contributed by atoms with Gasteiger partial charge in [0.25, 0.3) is 0 Å². The van der Waals surface area contributed by atoms with Gasteiger partial charge in [0, 0.05) is 26.4 Å². The summed E-state index contributed by atoms with van der Waals surface area (Å²) in [5.74, 6) is 0. The molecule has 0 amide bonds. The molecule has 13 rings (SSSR count). The first-order valence-electron chi connectivity index (χ1n) is 42.2. The average Bonchev–Trinajstić information content (AvgIpc) is 1.30. The van der Waals surface area contributed by atoms with Gasteiger partial charge in [0.2, 0.25) is 0 Å². The molecule has 0 N–H and O–H groups in total. The number of pyridine rings is 1. The number of hydrogen-bond acceptors (Lipinski definition) is 18. The van der Waals surface area contributed by atoms with Gasteiger partial charge in [-0.25, -0.2) is 24.6 Å². The van der Waals surface area contributed by atoms with E-state index in [2.05, 4.69) is 350 Å². The smallest absolute Gasteiger partial charge is 0.139 e. The third kappa shape index (κ3) is 20.2. The molecule has 5 aromatic carbocycles. The Balaban J connectivity index is 0.000000177. The highest BCUT2D eigenvalue weighted by molar-refractivity contribution is 7.14. The third-order valence-electron chi connectivity index (χ3n) is 22.4. The van der Waals surface area contributed by atoms with Crippen molar-refractivity contribution in [2.24, 2.45) is 0 Å². The lowest BCUT2D eigenvalue weighted by molar-refractivity contribution is 0.314. The van der Waals surface area contributed by atoms with E-state index in [0.717, 1.165) is 100 Å². The van der Waals surface area contributed by atoms with Gasteiger partial charge in [0.15, 0.2) is 0 Å². The summed E-state index contributed by atoms with van der Waals surface area (Å²) in [7, 11) is 0. The minimum Gasteiger partial charge on any atom is -0.255 e. The fraction of sp³-hybridized carbons (Fsp3) is 0.590. The second-order valence-corrected chi connectivity index (χ2v) is 48.2. The van der Waals surface area contributed by atoms with Gasteiger partial charge in [-0.1, -0.05) is 274 Å². The van der Waals surface area contributed by atoms with Crippen molar-refractivity contribution in [3.63, 3.8) is 0 Å². The molecule has 0 atom stereocenters. The third-order valence-corrected chi connectivity index (χ3v) is 26.0. The van der Waals surface area contributed by atoms with Crippen molar-refractivity contribution >= 4 is 123 Å². The van der Waals surface area contributed by atoms with Gasteiger partial charge in [-0.15, -0.1) is 11.3 Å². The summed E-state index contributed by atoms with van der Waals surface area (Å²) >= 11 is 5.82. The maximum absolute atomic E-state index is 5.05. The SMILES string of the molecule is Cc1c(C)c(C(C)(C)C)c2nonc2c1C(C)(C)C.Cc1c(C)c(C(C)(C)C)c2nsnc2c1C(C)(C)C.Cc1cc2c(C(C)(C)C)c3nsnc3c(C(C)(C)C)c2cc1C.Cc1nc(C(C)(C)C)c2nsnc2c1C(C)(C)C.Cc1nc2c(C(C)(C)C)ccc(C(C)(C)C)c2nc1C.Cc1nc2c(C(C)(C)C)sc(C(C)(C)C)c2nc1C. The Bertz CT molecular complexity index is 5480. The van der Waals surface area contributed by atoms with Gasteiger partial charge in [0.05, 0.1) is 74.7 Å². The van der Waals surface area contributed by atoms with E-state index >= 15 is 0 Å². The molecule has 0 aliphatic rings. The fourth-order valence-corrected chi connectivity index (χ4v) is 19.7. The molecule has 13 aromatic rings. The Hall–Kier alpha value is -7.25. The Morgan fingerprint density at radius 2 is 0.475 bits per heavy atom. The molecule has 118 heavy (non-hydrogen) atoms. The molecule has 0 aliphatic heterocycles. The molecule has 14 nitrogen and oxygen atoms in total. The van der Waals surface area contributed by atoms with Gasteiger partial charge in [-0.3, -0.25) is 4.98 Å². The van der Waals surface area contributed by atoms with Crippen LogP contribution in [0.5, 0.6) is 0 Å². The first-order chi connectivity index (χ1) is 53.3. The number of fused-ring (bicyclic) bond motifs is 7. The molecule has 0 aliphatic carbocycles. The van der Waals surface area contributed by atoms with Crippen molar-refractivity contribution < 1.29 is 4.63 Å². The van der Waals surface area contributed by atoms with E-state index in [1.165, 1.54) is 139 Å². The summed E-state index contributed by atoms with van der Waals surface area (Å²) in [5.41, 5.74) is 39.2. The van der Waals surface area contributed by atoms with Crippen LogP contribution in [0.4, 0.5) is 0 Å². The van der Waals surface area contributed by atoms with Crippen LogP contribution in [0.15, 0.2) is 28.9 Å². The molecular weight excluding hydrogens is 1530 g/mol. The lowest BCUT2D eigenvalue weighted by Gasteiger charge is -2.29. The normalized spacial score (nSPS) is 13.2. The van der Waals surface area contributed by atoms with Gasteiger partial charge in [-0.05, 0) is 235 Å². The molecule has 18 heteroatoms. The summed E-state index contributed by atoms with van der Waals surface area (Å²) in [4.78, 5) is 26.9. The highest BCUT2D eigenvalue weighted by Crippen LogP contribution is 2.48. The fourth-order valence-electron chi connectivity index (χ4n) is 16.7. The van der Waals surface area contributed by atoms with Crippen LogP contribution in [0.2, 0.25) is 0 Å². The largest absolute Gasteiger partial charge is 0.255 e. The molecule has 8 heterocycles. The molecule has 640 valence electrons. The highest BCUT2D eigenvalue weighted by Gasteiger charge is 2.37. The van der Waals surface area contributed by atoms with Crippen LogP contribution in [-0.4, -0.2) is 61.5 Å². The number of aryl methyl sites for hydroxylation is 7. The maximum atomic E-state index is 5.05. The molecular formula is C100H145N13OS4. The second-order valence-electron chi connectivity index (χ2n) is 45.6. The average molecular weight is 1670 g/mol. The summed E-state index contributed by atoms with van der Waals surface area (Å²) in [6.45, 7) is 104. The van der Waals surface area contributed by atoms with Crippen molar-refractivity contribution in [1.29, 1.82) is 0 Å². The zero-order valence-corrected chi connectivity index (χ0v) is 84.9. The van der Waals surface area contributed by atoms with Gasteiger partial charge in [0.1, 0.15) is 55.2 Å². The lowest BCUT2D eigenvalue weighted by Crippen LogP contribution is -2.20. The van der Waals surface area contributed by atoms with Gasteiger partial charge >= 0.3 is 0 Å². The number of nitrogens with zero attached hydrogens (tertiary/aromatic N) is 13. The quantitative estimate of drug-likeness (QED) is 0.140. The topological polar surface area (TPSA) is 181 Å². The van der Waals surface area contributed by atoms with Gasteiger partial charge < -0.3 is 0 Å². The number of thiophene rings is 1. The first-order valence-corrected chi connectivity index (χ1v) is 45.2. The van der Waals surface area contributed by atoms with Crippen molar-refractivity contribution in [1.82, 2.24) is 61.5 Å². The molecule has 0 saturated carbocycles. The molecule has 0 saturated heterocycles. The van der Waals surface area contributed by atoms with Crippen molar-refractivity contribution in [3.05, 3.63) is 152 Å². The van der Waals surface area contributed by atoms with Crippen LogP contribution < -0.4 is 0 Å². The van der Waals surface area contributed by atoms with E-state index in [-0.39, 0.29) is 65.0 Å². The molecule has 0 unspecified atom stereocenters. The van der Waals surface area contributed by atoms with E-state index in [4.69, 9.17) is 38.3 Å². The van der Waals surface area contributed by atoms with E-state index in [1.54, 1.807) is 0 Å². The van der Waals surface area contributed by atoms with Crippen molar-refractivity contribution in [3.8, 4) is 0 Å². The number of hydrogen-bond donors (Lipinski definition) is 0. The Morgan fingerprint density at radius 1 is 0.229 bits per heavy atom. The zero-order valence-electron chi connectivity index (χ0n) is 81.7. The number of rotatable bonds is 0. The second kappa shape index (κ2) is 33.2.